The number of ether oxygens (including phenoxy) is 1. The summed E-state index contributed by atoms with van der Waals surface area (Å²) < 4.78 is 19.2. The first-order chi connectivity index (χ1) is 15.8. The number of rotatable bonds is 20. The van der Waals surface area contributed by atoms with Crippen molar-refractivity contribution < 1.29 is 9.16 Å². The van der Waals surface area contributed by atoms with Crippen LogP contribution < -0.4 is 0 Å². The third-order valence-electron chi connectivity index (χ3n) is 8.80. The summed E-state index contributed by atoms with van der Waals surface area (Å²) in [5.74, 6) is 0. The van der Waals surface area contributed by atoms with E-state index < -0.39 is 34.8 Å². The van der Waals surface area contributed by atoms with Crippen molar-refractivity contribution in [3.63, 3.8) is 0 Å². The van der Waals surface area contributed by atoms with Crippen LogP contribution in [-0.2, 0) is 9.16 Å². The summed E-state index contributed by atoms with van der Waals surface area (Å²) in [6.07, 6.45) is 10.0. The number of methoxy groups -OCH3 is 1. The molecule has 0 amide bonds. The average Bonchev–Trinajstić information content (AvgIpc) is 2.74. The molecule has 0 bridgehead atoms. The molecule has 0 radical (unpaired) electrons. The number of hydrogen-bond acceptors (Lipinski definition) is 2. The summed E-state index contributed by atoms with van der Waals surface area (Å²) >= 11 is -2.40. The standard InChI is InChI=1S/C17H39O2Si2.3C4H9.Sn/c1-14(2)21(15(3)4,16(5)6)19-17(13-18-7)11-12-20(8,9)10;3*1-3-4-2;/h12,14-17H,11,13H2,1-10H3;3*1,3-4H2,2H3;/t17-;;;;/m1..../s1. The minimum absolute atomic E-state index is 0.279. The van der Waals surface area contributed by atoms with Gasteiger partial charge in [-0.3, -0.25) is 0 Å². The van der Waals surface area contributed by atoms with Gasteiger partial charge in [0, 0.05) is 0 Å². The van der Waals surface area contributed by atoms with Crippen LogP contribution in [0.15, 0.2) is 0 Å². The van der Waals surface area contributed by atoms with Gasteiger partial charge in [-0.25, -0.2) is 0 Å². The van der Waals surface area contributed by atoms with Crippen molar-refractivity contribution in [1.29, 1.82) is 0 Å². The van der Waals surface area contributed by atoms with Gasteiger partial charge in [0.05, 0.1) is 0 Å². The molecule has 34 heavy (non-hydrogen) atoms. The molecular weight excluding hydrogens is 555 g/mol. The van der Waals surface area contributed by atoms with Crippen LogP contribution in [0.25, 0.3) is 0 Å². The van der Waals surface area contributed by atoms with E-state index in [4.69, 9.17) is 9.16 Å². The van der Waals surface area contributed by atoms with Gasteiger partial charge >= 0.3 is 224 Å². The van der Waals surface area contributed by atoms with E-state index in [1.807, 2.05) is 7.11 Å². The molecule has 0 N–H and O–H groups in total. The fourth-order valence-corrected chi connectivity index (χ4v) is 50.7. The van der Waals surface area contributed by atoms with Gasteiger partial charge in [0.15, 0.2) is 0 Å². The third kappa shape index (κ3) is 10.1. The molecule has 0 saturated heterocycles. The van der Waals surface area contributed by atoms with Crippen LogP contribution >= 0.6 is 0 Å². The Kier molecular flexibility index (Phi) is 17.5. The third-order valence-corrected chi connectivity index (χ3v) is 45.2. The van der Waals surface area contributed by atoms with Crippen molar-refractivity contribution in [2.24, 2.45) is 0 Å². The molecule has 0 fully saturated rings. The van der Waals surface area contributed by atoms with E-state index in [1.165, 1.54) is 44.9 Å². The molecule has 0 aromatic heterocycles. The Labute approximate surface area is 223 Å². The average molecular weight is 622 g/mol. The van der Waals surface area contributed by atoms with Crippen molar-refractivity contribution in [1.82, 2.24) is 0 Å². The molecule has 206 valence electrons. The zero-order chi connectivity index (χ0) is 26.6. The molecule has 0 aromatic carbocycles. The molecule has 0 rings (SSSR count). The topological polar surface area (TPSA) is 18.5 Å². The maximum absolute atomic E-state index is 7.47. The van der Waals surface area contributed by atoms with E-state index in [1.54, 1.807) is 13.3 Å². The van der Waals surface area contributed by atoms with E-state index in [-0.39, 0.29) is 6.10 Å². The molecule has 5 heteroatoms. The quantitative estimate of drug-likeness (QED) is 0.126. The zero-order valence-electron chi connectivity index (χ0n) is 26.0. The molecule has 2 atom stereocenters. The SMILES string of the molecule is CCC[CH2][Sn]([CH2]CCC)([CH2]CCC)[C@H](C[C@H](COC)O[Si](C(C)C)(C(C)C)C(C)C)[Si](C)(C)C. The number of unbranched alkanes of at least 4 members (excludes halogenated alkanes) is 3. The van der Waals surface area contributed by atoms with E-state index in [9.17, 15) is 0 Å². The van der Waals surface area contributed by atoms with E-state index >= 15 is 0 Å². The Balaban J connectivity index is 6.47. The molecule has 0 saturated carbocycles. The fourth-order valence-electron chi connectivity index (χ4n) is 7.30. The van der Waals surface area contributed by atoms with Crippen molar-refractivity contribution in [3.8, 4) is 0 Å². The van der Waals surface area contributed by atoms with Crippen LogP contribution in [0.2, 0.25) is 53.1 Å². The summed E-state index contributed by atoms with van der Waals surface area (Å²) in [5.41, 5.74) is 1.89. The van der Waals surface area contributed by atoms with Crippen molar-refractivity contribution in [2.75, 3.05) is 13.7 Å². The summed E-state index contributed by atoms with van der Waals surface area (Å²) in [7, 11) is -1.38. The zero-order valence-corrected chi connectivity index (χ0v) is 30.8. The van der Waals surface area contributed by atoms with Crippen molar-refractivity contribution in [2.45, 2.75) is 166 Å². The van der Waals surface area contributed by atoms with Crippen LogP contribution in [0.1, 0.15) is 107 Å². The van der Waals surface area contributed by atoms with Gasteiger partial charge in [0.1, 0.15) is 0 Å². The Morgan fingerprint density at radius 1 is 0.676 bits per heavy atom. The van der Waals surface area contributed by atoms with Crippen LogP contribution in [0.4, 0.5) is 0 Å². The molecule has 0 aromatic rings. The monoisotopic (exact) mass is 622 g/mol. The predicted molar refractivity (Wildman–Crippen MR) is 164 cm³/mol. The van der Waals surface area contributed by atoms with Gasteiger partial charge in [0.25, 0.3) is 0 Å². The molecule has 0 heterocycles. The van der Waals surface area contributed by atoms with Gasteiger partial charge in [-0.1, -0.05) is 0 Å². The van der Waals surface area contributed by atoms with Crippen LogP contribution in [0, 0.1) is 0 Å². The molecule has 0 aliphatic heterocycles. The van der Waals surface area contributed by atoms with Crippen LogP contribution in [0.5, 0.6) is 0 Å². The first kappa shape index (κ1) is 35.2. The summed E-state index contributed by atoms with van der Waals surface area (Å²) in [4.78, 5) is 0. The first-order valence-corrected chi connectivity index (χ1v) is 28.4. The fraction of sp³-hybridized carbons (Fsp3) is 1.00. The summed E-state index contributed by atoms with van der Waals surface area (Å²) in [6.45, 7) is 30.6. The molecule has 2 nitrogen and oxygen atoms in total. The predicted octanol–water partition coefficient (Wildman–Crippen LogP) is 10.7. The molecular formula is C29H66O2Si2Sn. The molecule has 0 aliphatic rings. The Hall–Kier alpha value is 1.15. The molecule has 0 spiro atoms. The molecule has 0 unspecified atom stereocenters. The van der Waals surface area contributed by atoms with E-state index in [2.05, 4.69) is 82.0 Å². The second kappa shape index (κ2) is 16.9. The normalized spacial score (nSPS) is 15.5. The van der Waals surface area contributed by atoms with Gasteiger partial charge in [0.2, 0.25) is 0 Å². The maximum atomic E-state index is 7.47. The second-order valence-corrected chi connectivity index (χ2v) is 39.9. The summed E-state index contributed by atoms with van der Waals surface area (Å²) in [6, 6.07) is 0. The van der Waals surface area contributed by atoms with Crippen molar-refractivity contribution in [3.05, 3.63) is 0 Å². The van der Waals surface area contributed by atoms with E-state index in [0.29, 0.717) is 16.6 Å². The Morgan fingerprint density at radius 3 is 1.32 bits per heavy atom. The van der Waals surface area contributed by atoms with E-state index in [0.717, 1.165) is 10.2 Å². The summed E-state index contributed by atoms with van der Waals surface area (Å²) in [5, 5.41) is 0. The van der Waals surface area contributed by atoms with Crippen molar-refractivity contribution >= 4 is 34.8 Å². The first-order valence-electron chi connectivity index (χ1n) is 15.0. The van der Waals surface area contributed by atoms with Gasteiger partial charge in [-0.05, 0) is 0 Å². The second-order valence-electron chi connectivity index (χ2n) is 13.3. The van der Waals surface area contributed by atoms with Crippen LogP contribution in [-0.4, -0.2) is 54.6 Å². The van der Waals surface area contributed by atoms with Gasteiger partial charge in [-0.2, -0.15) is 0 Å². The molecule has 0 aliphatic carbocycles. The minimum atomic E-state index is -2.40. The van der Waals surface area contributed by atoms with Gasteiger partial charge < -0.3 is 0 Å². The van der Waals surface area contributed by atoms with Gasteiger partial charge in [-0.15, -0.1) is 0 Å². The Morgan fingerprint density at radius 2 is 1.06 bits per heavy atom. The number of hydrogen-bond donors (Lipinski definition) is 0. The Bertz CT molecular complexity index is 473. The van der Waals surface area contributed by atoms with Crippen LogP contribution in [0.3, 0.4) is 0 Å².